The molecule has 304 valence electrons. The Kier molecular flexibility index (Phi) is 39.0. The molecule has 0 saturated carbocycles. The first-order valence-electron chi connectivity index (χ1n) is 16.8. The van der Waals surface area contributed by atoms with Crippen LogP contribution in [0.5, 0.6) is 0 Å². The van der Waals surface area contributed by atoms with Gasteiger partial charge in [-0.15, -0.1) is 26.3 Å². The maximum atomic E-state index is 12.0. The minimum atomic E-state index is -2.58. The summed E-state index contributed by atoms with van der Waals surface area (Å²) in [4.78, 5) is 48.9. The molecule has 0 aliphatic rings. The van der Waals surface area contributed by atoms with Crippen molar-refractivity contribution in [3.8, 4) is 0 Å². The highest BCUT2D eigenvalue weighted by Crippen LogP contribution is 2.15. The summed E-state index contributed by atoms with van der Waals surface area (Å²) >= 11 is 0. The Morgan fingerprint density at radius 1 is 0.615 bits per heavy atom. The van der Waals surface area contributed by atoms with E-state index in [2.05, 4.69) is 31.6 Å². The Morgan fingerprint density at radius 3 is 1.27 bits per heavy atom. The van der Waals surface area contributed by atoms with Crippen molar-refractivity contribution >= 4 is 41.3 Å². The number of carboxylic acid groups (broad SMARTS) is 1. The Morgan fingerprint density at radius 2 is 0.962 bits per heavy atom. The summed E-state index contributed by atoms with van der Waals surface area (Å²) in [6.07, 6.45) is 10.1. The minimum Gasteiger partial charge on any atom is -0.481 e. The fourth-order valence-corrected chi connectivity index (χ4v) is 7.81. The Balaban J connectivity index is -0.000000363. The first-order valence-corrected chi connectivity index (χ1v) is 20.7. The number of aliphatic carboxylic acids is 1. The van der Waals surface area contributed by atoms with Crippen LogP contribution in [-0.4, -0.2) is 138 Å². The zero-order chi connectivity index (χ0) is 39.6. The number of nitrogens with one attached hydrogen (secondary N) is 1. The summed E-state index contributed by atoms with van der Waals surface area (Å²) in [5, 5.41) is 11.3. The summed E-state index contributed by atoms with van der Waals surface area (Å²) in [6, 6.07) is 1.42. The molecule has 15 nitrogen and oxygen atoms in total. The van der Waals surface area contributed by atoms with E-state index in [9.17, 15) is 19.2 Å². The van der Waals surface area contributed by atoms with Crippen molar-refractivity contribution in [1.29, 1.82) is 0 Å². The van der Waals surface area contributed by atoms with Gasteiger partial charge in [-0.05, 0) is 32.2 Å². The van der Waals surface area contributed by atoms with E-state index in [0.717, 1.165) is 12.5 Å². The second-order valence-corrected chi connectivity index (χ2v) is 17.0. The van der Waals surface area contributed by atoms with Crippen LogP contribution >= 0.6 is 0 Å². The number of nitrogens with zero attached hydrogens (tertiary/aromatic N) is 2. The number of nitrogens with two attached hydrogens (primary N) is 1. The molecule has 0 aromatic heterocycles. The van der Waals surface area contributed by atoms with Crippen LogP contribution < -0.4 is 11.1 Å². The first-order chi connectivity index (χ1) is 24.3. The second-order valence-electron chi connectivity index (χ2n) is 10.8. The van der Waals surface area contributed by atoms with Crippen molar-refractivity contribution in [2.24, 2.45) is 5.73 Å². The van der Waals surface area contributed by atoms with E-state index in [-0.39, 0.29) is 38.0 Å². The van der Waals surface area contributed by atoms with Crippen molar-refractivity contribution in [2.45, 2.75) is 70.9 Å². The Hall–Kier alpha value is -3.01. The van der Waals surface area contributed by atoms with Crippen molar-refractivity contribution in [1.82, 2.24) is 15.1 Å². The SMILES string of the molecule is C.C=CCN(CC=C)C(=O)CCCC(=O)NCCC[Si](OC)(OC)OC.C=CCN(CC=C)C(=O)CCCC(=O)O.CO[Si](CCCN)(OC)OC. The molecule has 3 amide bonds. The van der Waals surface area contributed by atoms with Gasteiger partial charge in [-0.25, -0.2) is 0 Å². The lowest BCUT2D eigenvalue weighted by Crippen LogP contribution is -2.43. The van der Waals surface area contributed by atoms with Gasteiger partial charge >= 0.3 is 23.6 Å². The summed E-state index contributed by atoms with van der Waals surface area (Å²) in [5.41, 5.74) is 5.36. The topological polar surface area (TPSA) is 188 Å². The average molecular weight is 779 g/mol. The third kappa shape index (κ3) is 27.6. The maximum absolute atomic E-state index is 12.0. The van der Waals surface area contributed by atoms with Gasteiger partial charge in [0.1, 0.15) is 0 Å². The van der Waals surface area contributed by atoms with Crippen LogP contribution in [0.1, 0.15) is 58.8 Å². The van der Waals surface area contributed by atoms with Crippen molar-refractivity contribution in [2.75, 3.05) is 81.9 Å². The lowest BCUT2D eigenvalue weighted by molar-refractivity contribution is -0.137. The van der Waals surface area contributed by atoms with Crippen molar-refractivity contribution < 1.29 is 50.8 Å². The number of amides is 3. The molecule has 17 heteroatoms. The van der Waals surface area contributed by atoms with Crippen LogP contribution in [0.15, 0.2) is 50.6 Å². The molecule has 0 bridgehead atoms. The molecular formula is C35H70N4O11Si2. The van der Waals surface area contributed by atoms with Crippen LogP contribution in [-0.2, 0) is 45.7 Å². The fourth-order valence-electron chi connectivity index (χ4n) is 4.34. The quantitative estimate of drug-likeness (QED) is 0.0563. The molecule has 0 atom stereocenters. The van der Waals surface area contributed by atoms with Gasteiger partial charge in [0.2, 0.25) is 17.7 Å². The Labute approximate surface area is 315 Å². The van der Waals surface area contributed by atoms with E-state index >= 15 is 0 Å². The molecular weight excluding hydrogens is 709 g/mol. The monoisotopic (exact) mass is 778 g/mol. The second kappa shape index (κ2) is 36.4. The number of hydrogen-bond acceptors (Lipinski definition) is 11. The smallest absolute Gasteiger partial charge is 0.481 e. The number of hydrogen-bond donors (Lipinski definition) is 3. The normalized spacial score (nSPS) is 10.5. The molecule has 0 spiro atoms. The van der Waals surface area contributed by atoms with Crippen LogP contribution in [0, 0.1) is 0 Å². The Bertz CT molecular complexity index is 961. The maximum Gasteiger partial charge on any atom is 0.500 e. The van der Waals surface area contributed by atoms with Crippen LogP contribution in [0.25, 0.3) is 0 Å². The van der Waals surface area contributed by atoms with Gasteiger partial charge in [0.25, 0.3) is 0 Å². The van der Waals surface area contributed by atoms with Crippen molar-refractivity contribution in [3.63, 3.8) is 0 Å². The summed E-state index contributed by atoms with van der Waals surface area (Å²) in [6.45, 7) is 17.5. The van der Waals surface area contributed by atoms with Gasteiger partial charge in [-0.2, -0.15) is 0 Å². The predicted octanol–water partition coefficient (Wildman–Crippen LogP) is 4.03. The molecule has 52 heavy (non-hydrogen) atoms. The van der Waals surface area contributed by atoms with Gasteiger partial charge in [0.15, 0.2) is 0 Å². The van der Waals surface area contributed by atoms with Crippen molar-refractivity contribution in [3.05, 3.63) is 50.6 Å². The fraction of sp³-hybridized carbons (Fsp3) is 0.657. The molecule has 4 N–H and O–H groups in total. The van der Waals surface area contributed by atoms with E-state index < -0.39 is 23.6 Å². The van der Waals surface area contributed by atoms with Gasteiger partial charge in [0.05, 0.1) is 0 Å². The van der Waals surface area contributed by atoms with Crippen LogP contribution in [0.2, 0.25) is 12.1 Å². The molecule has 0 aromatic carbocycles. The standard InChI is InChI=1S/C17H32N2O5Si.C11H17NO3.C6H17NO3Si.CH4/c1-6-13-19(14-7-2)17(21)11-8-10-16(20)18-12-9-15-25(22-3,23-4)24-5;1-3-8-12(9-4-2)10(13)6-5-7-11(14)15;1-8-11(9-2,10-3)6-4-5-7;/h6-7H,1-2,8-15H2,3-5H3,(H,18,20);3-4H,1-2,5-9H2,(H,14,15);4-7H2,1-3H3;1H4. The number of carbonyl (C=O) groups excluding carboxylic acids is 3. The highest BCUT2D eigenvalue weighted by Gasteiger charge is 2.37. The third-order valence-corrected chi connectivity index (χ3v) is 12.9. The third-order valence-electron chi connectivity index (χ3n) is 7.21. The van der Waals surface area contributed by atoms with E-state index in [4.69, 9.17) is 37.4 Å². The summed E-state index contributed by atoms with van der Waals surface area (Å²) < 4.78 is 31.5. The molecule has 0 aromatic rings. The summed E-state index contributed by atoms with van der Waals surface area (Å²) in [7, 11) is 4.63. The molecule has 0 unspecified atom stereocenters. The number of carbonyl (C=O) groups is 4. The van der Waals surface area contributed by atoms with Gasteiger partial charge in [0, 0.05) is 113 Å². The van der Waals surface area contributed by atoms with E-state index in [1.807, 2.05) is 0 Å². The van der Waals surface area contributed by atoms with E-state index in [1.165, 1.54) is 0 Å². The minimum absolute atomic E-state index is 0. The molecule has 0 heterocycles. The van der Waals surface area contributed by atoms with E-state index in [1.54, 1.807) is 76.8 Å². The van der Waals surface area contributed by atoms with E-state index in [0.29, 0.717) is 77.4 Å². The molecule has 0 radical (unpaired) electrons. The molecule has 0 aliphatic carbocycles. The number of carboxylic acids is 1. The summed E-state index contributed by atoms with van der Waals surface area (Å²) in [5.74, 6) is -0.993. The van der Waals surface area contributed by atoms with Crippen LogP contribution in [0.4, 0.5) is 0 Å². The molecule has 0 aliphatic heterocycles. The molecule has 0 fully saturated rings. The first kappa shape index (κ1) is 55.7. The largest absolute Gasteiger partial charge is 0.500 e. The zero-order valence-corrected chi connectivity index (χ0v) is 34.0. The molecule has 0 saturated heterocycles. The highest BCUT2D eigenvalue weighted by atomic mass is 28.4. The van der Waals surface area contributed by atoms with Gasteiger partial charge in [-0.1, -0.05) is 31.7 Å². The average Bonchev–Trinajstić information content (AvgIpc) is 3.13. The van der Waals surface area contributed by atoms with Crippen LogP contribution in [0.3, 0.4) is 0 Å². The predicted molar refractivity (Wildman–Crippen MR) is 210 cm³/mol. The lowest BCUT2D eigenvalue weighted by Gasteiger charge is -2.24. The molecule has 0 rings (SSSR count). The van der Waals surface area contributed by atoms with Gasteiger partial charge in [-0.3, -0.25) is 19.2 Å². The highest BCUT2D eigenvalue weighted by molar-refractivity contribution is 6.60. The lowest BCUT2D eigenvalue weighted by atomic mass is 10.2. The zero-order valence-electron chi connectivity index (χ0n) is 32.0. The van der Waals surface area contributed by atoms with Gasteiger partial charge < -0.3 is 52.5 Å². The number of rotatable bonds is 29.